The van der Waals surface area contributed by atoms with Crippen molar-refractivity contribution in [2.75, 3.05) is 6.61 Å². The highest BCUT2D eigenvalue weighted by molar-refractivity contribution is 5.88. The van der Waals surface area contributed by atoms with E-state index in [1.54, 1.807) is 0 Å². The Balaban J connectivity index is 1.66. The largest absolute Gasteiger partial charge is 0.456 e. The van der Waals surface area contributed by atoms with Crippen LogP contribution in [0.25, 0.3) is 0 Å². The lowest BCUT2D eigenvalue weighted by Crippen LogP contribution is -2.67. The third-order valence-corrected chi connectivity index (χ3v) is 4.96. The first-order valence-corrected chi connectivity index (χ1v) is 7.62. The molecule has 2 N–H and O–H groups in total. The molecule has 4 rings (SSSR count). The van der Waals surface area contributed by atoms with E-state index < -0.39 is 35.3 Å². The van der Waals surface area contributed by atoms with Crippen LogP contribution in [0.5, 0.6) is 0 Å². The van der Waals surface area contributed by atoms with Gasteiger partial charge in [0.25, 0.3) is 0 Å². The van der Waals surface area contributed by atoms with Crippen LogP contribution in [0.2, 0.25) is 0 Å². The van der Waals surface area contributed by atoms with Gasteiger partial charge in [-0.2, -0.15) is 0 Å². The summed E-state index contributed by atoms with van der Waals surface area (Å²) in [7, 11) is 0. The SMILES string of the molecule is C=C(C)C(=O)OCC(=O)OC12CC3CC(O)(CC(O)(C3)C1)C2. The van der Waals surface area contributed by atoms with E-state index >= 15 is 0 Å². The molecule has 22 heavy (non-hydrogen) atoms. The zero-order chi connectivity index (χ0) is 16.2. The highest BCUT2D eigenvalue weighted by Crippen LogP contribution is 2.60. The summed E-state index contributed by atoms with van der Waals surface area (Å²) in [6, 6.07) is 0. The fourth-order valence-corrected chi connectivity index (χ4v) is 4.88. The van der Waals surface area contributed by atoms with Crippen molar-refractivity contribution < 1.29 is 29.3 Å². The molecule has 0 aromatic heterocycles. The third kappa shape index (κ3) is 2.77. The molecule has 6 heteroatoms. The van der Waals surface area contributed by atoms with Crippen LogP contribution in [0.3, 0.4) is 0 Å². The summed E-state index contributed by atoms with van der Waals surface area (Å²) < 4.78 is 10.3. The van der Waals surface area contributed by atoms with Crippen molar-refractivity contribution in [1.29, 1.82) is 0 Å². The molecule has 4 bridgehead atoms. The highest BCUT2D eigenvalue weighted by Gasteiger charge is 2.64. The number of hydrogen-bond acceptors (Lipinski definition) is 6. The summed E-state index contributed by atoms with van der Waals surface area (Å²) in [5.41, 5.74) is -2.53. The van der Waals surface area contributed by atoms with Crippen LogP contribution < -0.4 is 0 Å². The van der Waals surface area contributed by atoms with E-state index in [-0.39, 0.29) is 11.5 Å². The molecule has 4 aliphatic rings. The maximum Gasteiger partial charge on any atom is 0.344 e. The van der Waals surface area contributed by atoms with Gasteiger partial charge >= 0.3 is 11.9 Å². The van der Waals surface area contributed by atoms with Gasteiger partial charge in [0.15, 0.2) is 6.61 Å². The molecule has 0 saturated heterocycles. The summed E-state index contributed by atoms with van der Waals surface area (Å²) >= 11 is 0. The first-order chi connectivity index (χ1) is 10.1. The standard InChI is InChI=1S/C16H22O6/c1-10(2)13(18)21-6-12(17)22-16-5-11-3-14(19,8-16)7-15(20,4-11)9-16/h11,19-20H,1,3-9H2,2H3. The van der Waals surface area contributed by atoms with Gasteiger partial charge in [0.1, 0.15) is 5.60 Å². The van der Waals surface area contributed by atoms with Crippen LogP contribution in [-0.2, 0) is 19.1 Å². The van der Waals surface area contributed by atoms with Gasteiger partial charge in [-0.05, 0) is 32.1 Å². The summed E-state index contributed by atoms with van der Waals surface area (Å²) in [6.45, 7) is 4.46. The molecule has 0 aliphatic heterocycles. The van der Waals surface area contributed by atoms with E-state index in [1.165, 1.54) is 6.92 Å². The summed E-state index contributed by atoms with van der Waals surface area (Å²) in [5.74, 6) is -1.12. The highest BCUT2D eigenvalue weighted by atomic mass is 16.6. The molecule has 4 saturated carbocycles. The molecule has 0 aromatic rings. The predicted octanol–water partition coefficient (Wildman–Crippen LogP) is 0.847. The van der Waals surface area contributed by atoms with E-state index in [2.05, 4.69) is 6.58 Å². The Hall–Kier alpha value is -1.40. The van der Waals surface area contributed by atoms with Gasteiger partial charge in [-0.25, -0.2) is 9.59 Å². The minimum absolute atomic E-state index is 0.164. The number of esters is 2. The number of rotatable bonds is 4. The molecule has 0 spiro atoms. The average Bonchev–Trinajstić information content (AvgIpc) is 2.30. The molecule has 4 aliphatic carbocycles. The van der Waals surface area contributed by atoms with Crippen LogP contribution in [0.15, 0.2) is 12.2 Å². The minimum atomic E-state index is -0.956. The lowest BCUT2D eigenvalue weighted by molar-refractivity contribution is -0.262. The molecule has 2 unspecified atom stereocenters. The Labute approximate surface area is 129 Å². The molecule has 122 valence electrons. The van der Waals surface area contributed by atoms with Crippen molar-refractivity contribution in [3.63, 3.8) is 0 Å². The van der Waals surface area contributed by atoms with Crippen molar-refractivity contribution in [1.82, 2.24) is 0 Å². The van der Waals surface area contributed by atoms with Gasteiger partial charge in [0.2, 0.25) is 0 Å². The molecular weight excluding hydrogens is 288 g/mol. The van der Waals surface area contributed by atoms with Crippen LogP contribution in [0.4, 0.5) is 0 Å². The van der Waals surface area contributed by atoms with Gasteiger partial charge < -0.3 is 19.7 Å². The second-order valence-electron chi connectivity index (χ2n) is 7.47. The van der Waals surface area contributed by atoms with Gasteiger partial charge in [-0.1, -0.05) is 6.58 Å². The van der Waals surface area contributed by atoms with E-state index in [0.717, 1.165) is 0 Å². The Morgan fingerprint density at radius 1 is 1.14 bits per heavy atom. The lowest BCUT2D eigenvalue weighted by Gasteiger charge is -2.62. The van der Waals surface area contributed by atoms with Crippen LogP contribution >= 0.6 is 0 Å². The Kier molecular flexibility index (Phi) is 3.38. The third-order valence-electron chi connectivity index (χ3n) is 4.96. The molecule has 2 atom stereocenters. The van der Waals surface area contributed by atoms with E-state index in [4.69, 9.17) is 9.47 Å². The smallest absolute Gasteiger partial charge is 0.344 e. The Bertz CT molecular complexity index is 521. The summed E-state index contributed by atoms with van der Waals surface area (Å²) in [4.78, 5) is 23.3. The number of hydrogen-bond donors (Lipinski definition) is 2. The number of carbonyl (C=O) groups excluding carboxylic acids is 2. The number of ether oxygens (including phenoxy) is 2. The number of aliphatic hydroxyl groups is 2. The van der Waals surface area contributed by atoms with Gasteiger partial charge in [0.05, 0.1) is 11.2 Å². The van der Waals surface area contributed by atoms with Gasteiger partial charge in [0, 0.05) is 24.8 Å². The summed E-state index contributed by atoms with van der Waals surface area (Å²) in [5, 5.41) is 21.2. The van der Waals surface area contributed by atoms with Crippen molar-refractivity contribution in [3.05, 3.63) is 12.2 Å². The fraction of sp³-hybridized carbons (Fsp3) is 0.750. The minimum Gasteiger partial charge on any atom is -0.456 e. The van der Waals surface area contributed by atoms with E-state index in [0.29, 0.717) is 38.5 Å². The monoisotopic (exact) mass is 310 g/mol. The number of carbonyl (C=O) groups is 2. The van der Waals surface area contributed by atoms with Crippen LogP contribution in [0, 0.1) is 5.92 Å². The van der Waals surface area contributed by atoms with Crippen LogP contribution in [-0.4, -0.2) is 45.6 Å². The second kappa shape index (κ2) is 4.80. The quantitative estimate of drug-likeness (QED) is 0.590. The molecule has 4 fully saturated rings. The molecular formula is C16H22O6. The van der Waals surface area contributed by atoms with Gasteiger partial charge in [-0.15, -0.1) is 0 Å². The first-order valence-electron chi connectivity index (χ1n) is 7.62. The summed E-state index contributed by atoms with van der Waals surface area (Å²) in [6.07, 6.45) is 2.99. The molecule has 0 aromatic carbocycles. The van der Waals surface area contributed by atoms with Gasteiger partial charge in [-0.3, -0.25) is 0 Å². The molecule has 0 amide bonds. The Morgan fingerprint density at radius 3 is 2.23 bits per heavy atom. The maximum absolute atomic E-state index is 12.0. The van der Waals surface area contributed by atoms with Crippen molar-refractivity contribution >= 4 is 11.9 Å². The predicted molar refractivity (Wildman–Crippen MR) is 75.7 cm³/mol. The fourth-order valence-electron chi connectivity index (χ4n) is 4.88. The lowest BCUT2D eigenvalue weighted by atomic mass is 9.50. The molecule has 0 heterocycles. The topological polar surface area (TPSA) is 93.1 Å². The maximum atomic E-state index is 12.0. The van der Waals surface area contributed by atoms with Crippen LogP contribution in [0.1, 0.15) is 45.4 Å². The zero-order valence-corrected chi connectivity index (χ0v) is 12.8. The zero-order valence-electron chi connectivity index (χ0n) is 12.8. The second-order valence-corrected chi connectivity index (χ2v) is 7.47. The van der Waals surface area contributed by atoms with E-state index in [1.807, 2.05) is 0 Å². The van der Waals surface area contributed by atoms with E-state index in [9.17, 15) is 19.8 Å². The van der Waals surface area contributed by atoms with Crippen molar-refractivity contribution in [2.24, 2.45) is 5.92 Å². The Morgan fingerprint density at radius 2 is 1.73 bits per heavy atom. The molecule has 0 radical (unpaired) electrons. The first kappa shape index (κ1) is 15.5. The average molecular weight is 310 g/mol. The van der Waals surface area contributed by atoms with Crippen molar-refractivity contribution in [2.45, 2.75) is 62.3 Å². The normalized spacial score (nSPS) is 42.0. The molecule has 6 nitrogen and oxygen atoms in total. The van der Waals surface area contributed by atoms with Crippen molar-refractivity contribution in [3.8, 4) is 0 Å².